The van der Waals surface area contributed by atoms with Gasteiger partial charge < -0.3 is 10.2 Å². The number of para-hydroxylation sites is 1. The fraction of sp³-hybridized carbons (Fsp3) is 0.385. The molecule has 0 aliphatic carbocycles. The molecule has 0 radical (unpaired) electrons. The van der Waals surface area contributed by atoms with Gasteiger partial charge in [-0.25, -0.2) is 0 Å². The number of piperazine rings is 1. The molecule has 0 saturated carbocycles. The van der Waals surface area contributed by atoms with Crippen molar-refractivity contribution in [1.82, 2.24) is 5.32 Å². The van der Waals surface area contributed by atoms with E-state index >= 15 is 0 Å². The highest BCUT2D eigenvalue weighted by atomic mass is 15.2. The first kappa shape index (κ1) is 10.1. The van der Waals surface area contributed by atoms with Crippen LogP contribution in [0.2, 0.25) is 0 Å². The lowest BCUT2D eigenvalue weighted by Crippen LogP contribution is -2.50. The Hall–Kier alpha value is -1.46. The molecule has 78 valence electrons. The van der Waals surface area contributed by atoms with Gasteiger partial charge in [0, 0.05) is 31.2 Å². The number of anilines is 1. The summed E-state index contributed by atoms with van der Waals surface area (Å²) < 4.78 is 0. The minimum atomic E-state index is 0.508. The quantitative estimate of drug-likeness (QED) is 0.691. The number of hydrogen-bond donors (Lipinski definition) is 1. The molecule has 1 unspecified atom stereocenters. The van der Waals surface area contributed by atoms with Gasteiger partial charge >= 0.3 is 0 Å². The van der Waals surface area contributed by atoms with Gasteiger partial charge in [0.1, 0.15) is 0 Å². The van der Waals surface area contributed by atoms with Crippen LogP contribution in [0.4, 0.5) is 5.69 Å². The molecule has 1 saturated heterocycles. The van der Waals surface area contributed by atoms with Gasteiger partial charge in [0.25, 0.3) is 0 Å². The normalized spacial score (nSPS) is 21.1. The molecule has 0 bridgehead atoms. The molecular weight excluding hydrogens is 184 g/mol. The molecule has 1 heterocycles. The Morgan fingerprint density at radius 2 is 2.27 bits per heavy atom. The predicted octanol–water partition coefficient (Wildman–Crippen LogP) is 1.47. The van der Waals surface area contributed by atoms with Gasteiger partial charge in [0.15, 0.2) is 0 Å². The lowest BCUT2D eigenvalue weighted by atomic mass is 10.1. The first-order valence-electron chi connectivity index (χ1n) is 5.36. The topological polar surface area (TPSA) is 15.3 Å². The molecule has 1 atom stereocenters. The van der Waals surface area contributed by atoms with Crippen LogP contribution in [-0.2, 0) is 0 Å². The molecule has 1 aliphatic rings. The molecule has 1 aromatic carbocycles. The molecule has 1 aliphatic heterocycles. The minimum Gasteiger partial charge on any atom is -0.365 e. The lowest BCUT2D eigenvalue weighted by Gasteiger charge is -2.36. The average Bonchev–Trinajstić information content (AvgIpc) is 2.30. The average molecular weight is 200 g/mol. The van der Waals surface area contributed by atoms with E-state index in [1.807, 2.05) is 18.2 Å². The van der Waals surface area contributed by atoms with Crippen LogP contribution in [0.1, 0.15) is 12.5 Å². The second-order valence-electron chi connectivity index (χ2n) is 3.91. The van der Waals surface area contributed by atoms with Crippen LogP contribution in [0.25, 0.3) is 0 Å². The van der Waals surface area contributed by atoms with Crippen LogP contribution < -0.4 is 10.2 Å². The highest BCUT2D eigenvalue weighted by Crippen LogP contribution is 2.22. The van der Waals surface area contributed by atoms with Crippen molar-refractivity contribution in [2.24, 2.45) is 0 Å². The fourth-order valence-electron chi connectivity index (χ4n) is 2.05. The number of benzene rings is 1. The Morgan fingerprint density at radius 3 is 3.00 bits per heavy atom. The number of nitrogens with zero attached hydrogens (tertiary/aromatic N) is 1. The smallest absolute Gasteiger partial charge is 0.0528 e. The van der Waals surface area contributed by atoms with Crippen LogP contribution in [0, 0.1) is 12.3 Å². The molecule has 2 rings (SSSR count). The highest BCUT2D eigenvalue weighted by molar-refractivity contribution is 5.61. The summed E-state index contributed by atoms with van der Waals surface area (Å²) >= 11 is 0. The third kappa shape index (κ3) is 1.98. The van der Waals surface area contributed by atoms with E-state index in [4.69, 9.17) is 6.42 Å². The zero-order chi connectivity index (χ0) is 10.7. The standard InChI is InChI=1S/C13H16N2/c1-3-12-6-4-5-7-13(12)15-9-8-14-10-11(15)2/h1,4-7,11,14H,8-10H2,2H3. The fourth-order valence-corrected chi connectivity index (χ4v) is 2.05. The largest absolute Gasteiger partial charge is 0.365 e. The maximum atomic E-state index is 5.51. The van der Waals surface area contributed by atoms with Crippen molar-refractivity contribution in [3.8, 4) is 12.3 Å². The summed E-state index contributed by atoms with van der Waals surface area (Å²) in [4.78, 5) is 2.38. The Balaban J connectivity index is 2.31. The third-order valence-electron chi connectivity index (χ3n) is 2.87. The first-order chi connectivity index (χ1) is 7.33. The van der Waals surface area contributed by atoms with Crippen molar-refractivity contribution in [2.45, 2.75) is 13.0 Å². The first-order valence-corrected chi connectivity index (χ1v) is 5.36. The minimum absolute atomic E-state index is 0.508. The van der Waals surface area contributed by atoms with E-state index in [1.165, 1.54) is 5.69 Å². The van der Waals surface area contributed by atoms with Crippen LogP contribution in [0.3, 0.4) is 0 Å². The second-order valence-corrected chi connectivity index (χ2v) is 3.91. The molecule has 15 heavy (non-hydrogen) atoms. The van der Waals surface area contributed by atoms with Gasteiger partial charge in [0.2, 0.25) is 0 Å². The summed E-state index contributed by atoms with van der Waals surface area (Å²) in [6.45, 7) is 5.31. The molecule has 2 heteroatoms. The summed E-state index contributed by atoms with van der Waals surface area (Å²) in [6.07, 6.45) is 5.51. The van der Waals surface area contributed by atoms with Crippen LogP contribution in [0.5, 0.6) is 0 Å². The Labute approximate surface area is 91.3 Å². The van der Waals surface area contributed by atoms with E-state index in [0.717, 1.165) is 25.2 Å². The van der Waals surface area contributed by atoms with Gasteiger partial charge in [-0.15, -0.1) is 6.42 Å². The molecule has 0 amide bonds. The van der Waals surface area contributed by atoms with E-state index in [9.17, 15) is 0 Å². The van der Waals surface area contributed by atoms with E-state index in [2.05, 4.69) is 29.1 Å². The maximum absolute atomic E-state index is 5.51. The van der Waals surface area contributed by atoms with Crippen molar-refractivity contribution >= 4 is 5.69 Å². The molecule has 1 fully saturated rings. The maximum Gasteiger partial charge on any atom is 0.0528 e. The monoisotopic (exact) mass is 200 g/mol. The summed E-state index contributed by atoms with van der Waals surface area (Å²) in [5.41, 5.74) is 2.18. The zero-order valence-electron chi connectivity index (χ0n) is 9.03. The van der Waals surface area contributed by atoms with Gasteiger partial charge in [-0.1, -0.05) is 18.1 Å². The van der Waals surface area contributed by atoms with Crippen molar-refractivity contribution in [3.05, 3.63) is 29.8 Å². The zero-order valence-corrected chi connectivity index (χ0v) is 9.03. The van der Waals surface area contributed by atoms with Gasteiger partial charge in [-0.3, -0.25) is 0 Å². The summed E-state index contributed by atoms with van der Waals surface area (Å²) in [7, 11) is 0. The molecule has 0 aromatic heterocycles. The van der Waals surface area contributed by atoms with Crippen LogP contribution >= 0.6 is 0 Å². The van der Waals surface area contributed by atoms with Crippen molar-refractivity contribution < 1.29 is 0 Å². The van der Waals surface area contributed by atoms with Crippen molar-refractivity contribution in [2.75, 3.05) is 24.5 Å². The highest BCUT2D eigenvalue weighted by Gasteiger charge is 2.19. The molecule has 1 aromatic rings. The second kappa shape index (κ2) is 4.37. The Kier molecular flexibility index (Phi) is 2.94. The van der Waals surface area contributed by atoms with E-state index < -0.39 is 0 Å². The summed E-state index contributed by atoms with van der Waals surface area (Å²) in [5.74, 6) is 2.75. The van der Waals surface area contributed by atoms with E-state index in [1.54, 1.807) is 0 Å². The lowest BCUT2D eigenvalue weighted by molar-refractivity contribution is 0.500. The third-order valence-corrected chi connectivity index (χ3v) is 2.87. The molecular formula is C13H16N2. The summed E-state index contributed by atoms with van der Waals surface area (Å²) in [6, 6.07) is 8.66. The number of hydrogen-bond acceptors (Lipinski definition) is 2. The van der Waals surface area contributed by atoms with Gasteiger partial charge in [0.05, 0.1) is 5.69 Å². The molecule has 2 nitrogen and oxygen atoms in total. The van der Waals surface area contributed by atoms with Crippen molar-refractivity contribution in [3.63, 3.8) is 0 Å². The van der Waals surface area contributed by atoms with Crippen LogP contribution in [0.15, 0.2) is 24.3 Å². The van der Waals surface area contributed by atoms with Gasteiger partial charge in [-0.2, -0.15) is 0 Å². The number of rotatable bonds is 1. The van der Waals surface area contributed by atoms with Crippen molar-refractivity contribution in [1.29, 1.82) is 0 Å². The van der Waals surface area contributed by atoms with E-state index in [-0.39, 0.29) is 0 Å². The van der Waals surface area contributed by atoms with Gasteiger partial charge in [-0.05, 0) is 19.1 Å². The molecule has 1 N–H and O–H groups in total. The Bertz CT molecular complexity index is 378. The van der Waals surface area contributed by atoms with Crippen LogP contribution in [-0.4, -0.2) is 25.7 Å². The SMILES string of the molecule is C#Cc1ccccc1N1CCNCC1C. The molecule has 0 spiro atoms. The number of terminal acetylenes is 1. The number of nitrogens with one attached hydrogen (secondary N) is 1. The summed E-state index contributed by atoms with van der Waals surface area (Å²) in [5, 5.41) is 3.38. The Morgan fingerprint density at radius 1 is 1.47 bits per heavy atom. The van der Waals surface area contributed by atoms with E-state index in [0.29, 0.717) is 6.04 Å². The predicted molar refractivity (Wildman–Crippen MR) is 64.1 cm³/mol.